The second kappa shape index (κ2) is 10.0. The molecular formula is C25H31Cl2N7. The van der Waals surface area contributed by atoms with E-state index in [4.69, 9.17) is 4.98 Å². The first-order chi connectivity index (χ1) is 15.8. The molecule has 0 saturated carbocycles. The van der Waals surface area contributed by atoms with E-state index in [2.05, 4.69) is 55.6 Å². The Morgan fingerprint density at radius 1 is 1.06 bits per heavy atom. The first-order valence-corrected chi connectivity index (χ1v) is 11.7. The summed E-state index contributed by atoms with van der Waals surface area (Å²) in [5.41, 5.74) is 6.83. The summed E-state index contributed by atoms with van der Waals surface area (Å²) in [7, 11) is 0. The molecule has 0 radical (unpaired) electrons. The van der Waals surface area contributed by atoms with Crippen LogP contribution in [-0.4, -0.2) is 39.6 Å². The van der Waals surface area contributed by atoms with E-state index >= 15 is 0 Å². The Labute approximate surface area is 213 Å². The Hall–Kier alpha value is -2.48. The number of hydrogen-bond donors (Lipinski definition) is 2. The maximum Gasteiger partial charge on any atom is 0.222 e. The average molecular weight is 500 g/mol. The summed E-state index contributed by atoms with van der Waals surface area (Å²) in [5, 5.41) is 7.00. The summed E-state index contributed by atoms with van der Waals surface area (Å²) in [4.78, 5) is 20.6. The summed E-state index contributed by atoms with van der Waals surface area (Å²) in [5.74, 6) is 2.30. The Morgan fingerprint density at radius 2 is 1.85 bits per heavy atom. The molecule has 1 saturated heterocycles. The second-order valence-corrected chi connectivity index (χ2v) is 9.35. The molecule has 6 rings (SSSR count). The van der Waals surface area contributed by atoms with E-state index in [1.807, 2.05) is 6.07 Å². The quantitative estimate of drug-likeness (QED) is 0.545. The molecule has 3 aromatic rings. The molecule has 4 heterocycles. The van der Waals surface area contributed by atoms with Crippen molar-refractivity contribution in [3.63, 3.8) is 0 Å². The molecular weight excluding hydrogens is 469 g/mol. The number of anilines is 3. The number of hydrogen-bond acceptors (Lipinski definition) is 7. The fourth-order valence-corrected chi connectivity index (χ4v) is 5.94. The van der Waals surface area contributed by atoms with Gasteiger partial charge in [0, 0.05) is 47.8 Å². The molecule has 34 heavy (non-hydrogen) atoms. The maximum absolute atomic E-state index is 4.85. The molecule has 1 aromatic carbocycles. The van der Waals surface area contributed by atoms with Gasteiger partial charge in [0.1, 0.15) is 12.1 Å². The molecule has 1 spiro atoms. The van der Waals surface area contributed by atoms with Crippen LogP contribution in [0.1, 0.15) is 54.5 Å². The van der Waals surface area contributed by atoms with Gasteiger partial charge in [0.05, 0.1) is 0 Å². The third-order valence-electron chi connectivity index (χ3n) is 7.48. The number of nitrogens with one attached hydrogen (secondary N) is 2. The molecule has 2 aliphatic heterocycles. The number of nitrogens with zero attached hydrogens (tertiary/aromatic N) is 5. The number of piperidine rings is 1. The van der Waals surface area contributed by atoms with Crippen molar-refractivity contribution in [3.05, 3.63) is 65.4 Å². The van der Waals surface area contributed by atoms with E-state index in [1.165, 1.54) is 28.1 Å². The van der Waals surface area contributed by atoms with Gasteiger partial charge < -0.3 is 15.5 Å². The highest BCUT2D eigenvalue weighted by molar-refractivity contribution is 5.85. The van der Waals surface area contributed by atoms with Crippen LogP contribution in [0.25, 0.3) is 0 Å². The number of benzene rings is 1. The highest BCUT2D eigenvalue weighted by atomic mass is 35.5. The highest BCUT2D eigenvalue weighted by Crippen LogP contribution is 2.52. The highest BCUT2D eigenvalue weighted by Gasteiger charge is 2.46. The van der Waals surface area contributed by atoms with Gasteiger partial charge in [-0.05, 0) is 68.0 Å². The van der Waals surface area contributed by atoms with Crippen LogP contribution in [0.15, 0.2) is 43.0 Å². The van der Waals surface area contributed by atoms with Gasteiger partial charge in [0.2, 0.25) is 5.95 Å². The number of halogens is 2. The van der Waals surface area contributed by atoms with Crippen molar-refractivity contribution >= 4 is 42.3 Å². The lowest BCUT2D eigenvalue weighted by Crippen LogP contribution is -2.43. The summed E-state index contributed by atoms with van der Waals surface area (Å²) < 4.78 is 0. The standard InChI is InChI=1S/C25H29N7.2ClH/c1-17-6-7-19-21(17)23(31-16-30-19)32-15-25(8-12-26-13-9-25)22-18(4-2-5-20(22)32)14-29-24-27-10-3-11-28-24;;/h2-5,10-11,16-17,26H,6-9,12-15H2,1H3,(H,27,28,29);2*1H/t17-;;/m1../s1. The third-order valence-corrected chi connectivity index (χ3v) is 7.48. The van der Waals surface area contributed by atoms with Crippen molar-refractivity contribution in [2.75, 3.05) is 29.9 Å². The molecule has 0 unspecified atom stereocenters. The Balaban J connectivity index is 0.00000137. The van der Waals surface area contributed by atoms with Crippen molar-refractivity contribution < 1.29 is 0 Å². The van der Waals surface area contributed by atoms with Gasteiger partial charge in [0.25, 0.3) is 0 Å². The summed E-state index contributed by atoms with van der Waals surface area (Å²) in [6.07, 6.45) is 9.81. The Morgan fingerprint density at radius 3 is 2.65 bits per heavy atom. The van der Waals surface area contributed by atoms with Crippen LogP contribution in [0.5, 0.6) is 0 Å². The van der Waals surface area contributed by atoms with Crippen LogP contribution in [-0.2, 0) is 18.4 Å². The Bertz CT molecular complexity index is 1140. The number of aryl methyl sites for hydroxylation is 1. The minimum Gasteiger partial charge on any atom is -0.350 e. The van der Waals surface area contributed by atoms with E-state index in [0.29, 0.717) is 18.4 Å². The molecule has 1 aliphatic carbocycles. The number of aromatic nitrogens is 4. The van der Waals surface area contributed by atoms with Gasteiger partial charge in [0.15, 0.2) is 0 Å². The minimum absolute atomic E-state index is 0. The molecule has 0 bridgehead atoms. The number of rotatable bonds is 4. The van der Waals surface area contributed by atoms with Crippen molar-refractivity contribution in [1.29, 1.82) is 0 Å². The monoisotopic (exact) mass is 499 g/mol. The van der Waals surface area contributed by atoms with Gasteiger partial charge in [-0.15, -0.1) is 24.8 Å². The molecule has 180 valence electrons. The lowest BCUT2D eigenvalue weighted by atomic mass is 9.73. The molecule has 1 fully saturated rings. The van der Waals surface area contributed by atoms with Crippen LogP contribution in [0.4, 0.5) is 17.5 Å². The van der Waals surface area contributed by atoms with Gasteiger partial charge in [-0.1, -0.05) is 19.1 Å². The van der Waals surface area contributed by atoms with Crippen molar-refractivity contribution in [2.45, 2.75) is 50.5 Å². The fourth-order valence-electron chi connectivity index (χ4n) is 5.94. The van der Waals surface area contributed by atoms with Gasteiger partial charge in [-0.3, -0.25) is 0 Å². The summed E-state index contributed by atoms with van der Waals surface area (Å²) in [6.45, 7) is 6.12. The first-order valence-electron chi connectivity index (χ1n) is 11.7. The van der Waals surface area contributed by atoms with Crippen LogP contribution >= 0.6 is 24.8 Å². The van der Waals surface area contributed by atoms with E-state index < -0.39 is 0 Å². The molecule has 1 atom stereocenters. The molecule has 3 aliphatic rings. The van der Waals surface area contributed by atoms with Crippen LogP contribution in [0, 0.1) is 0 Å². The zero-order valence-electron chi connectivity index (χ0n) is 19.3. The molecule has 2 aromatic heterocycles. The zero-order chi connectivity index (χ0) is 21.5. The second-order valence-electron chi connectivity index (χ2n) is 9.35. The summed E-state index contributed by atoms with van der Waals surface area (Å²) >= 11 is 0. The van der Waals surface area contributed by atoms with Crippen LogP contribution < -0.4 is 15.5 Å². The predicted octanol–water partition coefficient (Wildman–Crippen LogP) is 4.54. The van der Waals surface area contributed by atoms with E-state index in [-0.39, 0.29) is 30.2 Å². The Kier molecular flexibility index (Phi) is 7.26. The maximum atomic E-state index is 4.85. The zero-order valence-corrected chi connectivity index (χ0v) is 21.0. The molecule has 7 nitrogen and oxygen atoms in total. The topological polar surface area (TPSA) is 78.9 Å². The van der Waals surface area contributed by atoms with E-state index in [9.17, 15) is 0 Å². The lowest BCUT2D eigenvalue weighted by Gasteiger charge is -2.36. The van der Waals surface area contributed by atoms with Crippen molar-refractivity contribution in [2.24, 2.45) is 0 Å². The SMILES string of the molecule is C[C@@H]1CCc2ncnc(N3CC4(CCNCC4)c4c(CNc5ncccn5)cccc43)c21.Cl.Cl. The molecule has 0 amide bonds. The predicted molar refractivity (Wildman–Crippen MR) is 140 cm³/mol. The smallest absolute Gasteiger partial charge is 0.222 e. The number of fused-ring (bicyclic) bond motifs is 3. The molecule has 2 N–H and O–H groups in total. The van der Waals surface area contributed by atoms with Gasteiger partial charge in [-0.2, -0.15) is 0 Å². The largest absolute Gasteiger partial charge is 0.350 e. The third kappa shape index (κ3) is 4.10. The van der Waals surface area contributed by atoms with Crippen molar-refractivity contribution in [1.82, 2.24) is 25.3 Å². The molecule has 9 heteroatoms. The van der Waals surface area contributed by atoms with Crippen LogP contribution in [0.3, 0.4) is 0 Å². The van der Waals surface area contributed by atoms with Crippen LogP contribution in [0.2, 0.25) is 0 Å². The van der Waals surface area contributed by atoms with E-state index in [0.717, 1.165) is 51.1 Å². The van der Waals surface area contributed by atoms with Crippen molar-refractivity contribution in [3.8, 4) is 0 Å². The average Bonchev–Trinajstić information content (AvgIpc) is 3.38. The van der Waals surface area contributed by atoms with E-state index in [1.54, 1.807) is 18.7 Å². The first kappa shape index (κ1) is 24.6. The minimum atomic E-state index is 0. The fraction of sp³-hybridized carbons (Fsp3) is 0.440. The summed E-state index contributed by atoms with van der Waals surface area (Å²) in [6, 6.07) is 8.56. The van der Waals surface area contributed by atoms with Gasteiger partial charge >= 0.3 is 0 Å². The lowest BCUT2D eigenvalue weighted by molar-refractivity contribution is 0.327. The normalized spacial score (nSPS) is 19.7. The van der Waals surface area contributed by atoms with Gasteiger partial charge in [-0.25, -0.2) is 19.9 Å².